The van der Waals surface area contributed by atoms with Crippen molar-refractivity contribution in [2.45, 2.75) is 4.90 Å². The first-order chi connectivity index (χ1) is 15.5. The number of hydrogen-bond donors (Lipinski definition) is 1. The van der Waals surface area contributed by atoms with Crippen molar-refractivity contribution in [3.8, 4) is 11.3 Å². The average Bonchev–Trinajstić information content (AvgIpc) is 3.38. The third-order valence-corrected chi connectivity index (χ3v) is 7.98. The van der Waals surface area contributed by atoms with E-state index in [1.807, 2.05) is 30.5 Å². The Labute approximate surface area is 191 Å². The lowest BCUT2D eigenvalue weighted by molar-refractivity contribution is 0.0730. The van der Waals surface area contributed by atoms with Crippen molar-refractivity contribution < 1.29 is 13.2 Å². The van der Waals surface area contributed by atoms with Gasteiger partial charge in [0.2, 0.25) is 10.0 Å². The monoisotopic (exact) mass is 512 g/mol. The fourth-order valence-electron chi connectivity index (χ4n) is 3.90. The summed E-state index contributed by atoms with van der Waals surface area (Å²) in [5, 5.41) is 5.38. The summed E-state index contributed by atoms with van der Waals surface area (Å²) in [5.74, 6) is 0.461. The largest absolute Gasteiger partial charge is 0.379 e. The summed E-state index contributed by atoms with van der Waals surface area (Å²) in [5.41, 5.74) is 3.62. The Morgan fingerprint density at radius 1 is 1.03 bits per heavy atom. The molecule has 1 N–H and O–H groups in total. The molecular weight excluding hydrogens is 496 g/mol. The second kappa shape index (κ2) is 7.34. The molecule has 6 rings (SSSR count). The van der Waals surface area contributed by atoms with Gasteiger partial charge in [-0.1, -0.05) is 28.1 Å². The summed E-state index contributed by atoms with van der Waals surface area (Å²) in [6, 6.07) is 12.9. The number of H-pyrrole nitrogens is 1. The molecule has 162 valence electrons. The molecule has 11 heteroatoms. The number of aromatic amines is 1. The van der Waals surface area contributed by atoms with Crippen LogP contribution >= 0.6 is 15.9 Å². The van der Waals surface area contributed by atoms with Gasteiger partial charge in [0.25, 0.3) is 5.78 Å². The van der Waals surface area contributed by atoms with Crippen LogP contribution in [0.25, 0.3) is 39.1 Å². The highest BCUT2D eigenvalue weighted by molar-refractivity contribution is 9.10. The second-order valence-corrected chi connectivity index (χ2v) is 10.4. The van der Waals surface area contributed by atoms with Gasteiger partial charge in [-0.05, 0) is 30.3 Å². The van der Waals surface area contributed by atoms with E-state index in [1.54, 1.807) is 22.7 Å². The first kappa shape index (κ1) is 19.8. The lowest BCUT2D eigenvalue weighted by atomic mass is 10.2. The Morgan fingerprint density at radius 3 is 2.59 bits per heavy atom. The van der Waals surface area contributed by atoms with Gasteiger partial charge in [-0.2, -0.15) is 14.4 Å². The molecule has 1 aliphatic heterocycles. The molecule has 3 aromatic heterocycles. The van der Waals surface area contributed by atoms with Crippen molar-refractivity contribution in [3.05, 3.63) is 53.1 Å². The smallest absolute Gasteiger partial charge is 0.253 e. The predicted molar refractivity (Wildman–Crippen MR) is 123 cm³/mol. The van der Waals surface area contributed by atoms with Crippen molar-refractivity contribution in [1.29, 1.82) is 0 Å². The molecule has 1 fully saturated rings. The Hall–Kier alpha value is -2.86. The number of nitrogens with one attached hydrogen (secondary N) is 1. The van der Waals surface area contributed by atoms with Crippen molar-refractivity contribution in [3.63, 3.8) is 0 Å². The van der Waals surface area contributed by atoms with Gasteiger partial charge in [-0.25, -0.2) is 17.9 Å². The first-order valence-corrected chi connectivity index (χ1v) is 12.2. The molecule has 32 heavy (non-hydrogen) atoms. The number of nitrogens with zero attached hydrogens (tertiary/aromatic N) is 5. The summed E-state index contributed by atoms with van der Waals surface area (Å²) < 4.78 is 35.5. The number of rotatable bonds is 3. The van der Waals surface area contributed by atoms with Crippen molar-refractivity contribution in [2.75, 3.05) is 26.3 Å². The van der Waals surface area contributed by atoms with Crippen LogP contribution in [0.5, 0.6) is 0 Å². The molecular formula is C21H17BrN6O3S. The molecule has 0 saturated carbocycles. The zero-order valence-corrected chi connectivity index (χ0v) is 19.1. The van der Waals surface area contributed by atoms with E-state index in [0.717, 1.165) is 21.2 Å². The number of halogens is 1. The minimum Gasteiger partial charge on any atom is -0.379 e. The third-order valence-electron chi connectivity index (χ3n) is 5.56. The maximum atomic E-state index is 13.1. The molecule has 0 spiro atoms. The molecule has 4 heterocycles. The Morgan fingerprint density at radius 2 is 1.81 bits per heavy atom. The summed E-state index contributed by atoms with van der Waals surface area (Å²) in [7, 11) is -3.61. The molecule has 1 aliphatic rings. The topological polar surface area (TPSA) is 105 Å². The number of hydrogen-bond acceptors (Lipinski definition) is 6. The highest BCUT2D eigenvalue weighted by atomic mass is 79.9. The van der Waals surface area contributed by atoms with Crippen LogP contribution in [0.1, 0.15) is 0 Å². The minimum absolute atomic E-state index is 0.232. The molecule has 9 nitrogen and oxygen atoms in total. The fourth-order valence-corrected chi connectivity index (χ4v) is 5.60. The van der Waals surface area contributed by atoms with Gasteiger partial charge in [0.1, 0.15) is 5.52 Å². The molecule has 0 atom stereocenters. The van der Waals surface area contributed by atoms with E-state index >= 15 is 0 Å². The number of ether oxygens (including phenoxy) is 1. The highest BCUT2D eigenvalue weighted by Gasteiger charge is 2.27. The molecule has 5 aromatic rings. The van der Waals surface area contributed by atoms with Gasteiger partial charge in [0.15, 0.2) is 5.65 Å². The van der Waals surface area contributed by atoms with Crippen LogP contribution in [0.15, 0.2) is 58.0 Å². The molecule has 0 bridgehead atoms. The van der Waals surface area contributed by atoms with Gasteiger partial charge in [0, 0.05) is 34.0 Å². The number of morpholine rings is 1. The fraction of sp³-hybridized carbons (Fsp3) is 0.190. The Kier molecular flexibility index (Phi) is 4.54. The summed E-state index contributed by atoms with van der Waals surface area (Å²) >= 11 is 3.44. The van der Waals surface area contributed by atoms with E-state index in [2.05, 4.69) is 36.0 Å². The van der Waals surface area contributed by atoms with E-state index in [4.69, 9.17) is 4.74 Å². The number of sulfonamides is 1. The van der Waals surface area contributed by atoms with Gasteiger partial charge < -0.3 is 9.72 Å². The maximum Gasteiger partial charge on any atom is 0.253 e. The summed E-state index contributed by atoms with van der Waals surface area (Å²) in [6.45, 7) is 1.50. The quantitative estimate of drug-likeness (QED) is 0.397. The number of benzene rings is 2. The number of aromatic nitrogens is 5. The van der Waals surface area contributed by atoms with Gasteiger partial charge in [-0.15, -0.1) is 0 Å². The van der Waals surface area contributed by atoms with Crippen molar-refractivity contribution in [2.24, 2.45) is 0 Å². The van der Waals surface area contributed by atoms with Crippen molar-refractivity contribution >= 4 is 53.8 Å². The standard InChI is InChI=1S/C21H17BrN6O3S/c22-14-3-1-13(2-4-14)18-12-28-21(24-18)25-20-19(26-28)16-11-15(5-6-17(16)23-20)32(29,30)27-7-9-31-10-8-27/h1-6,11-12H,7-10H2,(H,23,24,25). The molecule has 0 aliphatic carbocycles. The van der Waals surface area contributed by atoms with Crippen LogP contribution in [0.3, 0.4) is 0 Å². The number of fused-ring (bicyclic) bond motifs is 4. The first-order valence-electron chi connectivity index (χ1n) is 10.0. The van der Waals surface area contributed by atoms with Gasteiger partial charge >= 0.3 is 0 Å². The Bertz CT molecular complexity index is 1590. The zero-order chi connectivity index (χ0) is 21.9. The minimum atomic E-state index is -3.61. The average molecular weight is 513 g/mol. The van der Waals surface area contributed by atoms with Crippen LogP contribution in [0.2, 0.25) is 0 Å². The lowest BCUT2D eigenvalue weighted by Gasteiger charge is -2.26. The zero-order valence-electron chi connectivity index (χ0n) is 16.7. The molecule has 0 radical (unpaired) electrons. The van der Waals surface area contributed by atoms with Crippen LogP contribution in [-0.2, 0) is 14.8 Å². The van der Waals surface area contributed by atoms with E-state index < -0.39 is 10.0 Å². The van der Waals surface area contributed by atoms with Crippen LogP contribution < -0.4 is 0 Å². The molecule has 1 saturated heterocycles. The molecule has 0 unspecified atom stereocenters. The third kappa shape index (κ3) is 3.20. The normalized spacial score (nSPS) is 15.8. The second-order valence-electron chi connectivity index (χ2n) is 7.54. The van der Waals surface area contributed by atoms with Gasteiger partial charge in [0.05, 0.1) is 30.0 Å². The van der Waals surface area contributed by atoms with E-state index in [1.165, 1.54) is 4.31 Å². The molecule has 2 aromatic carbocycles. The van der Waals surface area contributed by atoms with E-state index in [-0.39, 0.29) is 4.90 Å². The van der Waals surface area contributed by atoms with Crippen molar-refractivity contribution in [1.82, 2.24) is 28.9 Å². The molecule has 0 amide bonds. The van der Waals surface area contributed by atoms with Gasteiger partial charge in [-0.3, -0.25) is 0 Å². The highest BCUT2D eigenvalue weighted by Crippen LogP contribution is 2.28. The summed E-state index contributed by atoms with van der Waals surface area (Å²) in [4.78, 5) is 12.7. The number of imidazole rings is 1. The predicted octanol–water partition coefficient (Wildman–Crippen LogP) is 3.21. The van der Waals surface area contributed by atoms with Crippen LogP contribution in [-0.4, -0.2) is 63.6 Å². The Balaban J connectivity index is 1.47. The maximum absolute atomic E-state index is 13.1. The van der Waals surface area contributed by atoms with Crippen LogP contribution in [0, 0.1) is 0 Å². The van der Waals surface area contributed by atoms with E-state index in [9.17, 15) is 8.42 Å². The van der Waals surface area contributed by atoms with E-state index in [0.29, 0.717) is 48.6 Å². The van der Waals surface area contributed by atoms with Crippen LogP contribution in [0.4, 0.5) is 0 Å². The lowest BCUT2D eigenvalue weighted by Crippen LogP contribution is -2.40. The summed E-state index contributed by atoms with van der Waals surface area (Å²) in [6.07, 6.45) is 1.82. The SMILES string of the molecule is O=S(=O)(c1ccc2[nH]c3nc4nc(-c5ccc(Br)cc5)cn4nc3c2c1)N1CCOCC1.